The normalized spacial score (nSPS) is 10.6. The van der Waals surface area contributed by atoms with E-state index in [9.17, 15) is 9.59 Å². The van der Waals surface area contributed by atoms with Crippen LogP contribution in [0, 0.1) is 20.8 Å². The van der Waals surface area contributed by atoms with Crippen molar-refractivity contribution in [2.45, 2.75) is 27.7 Å². The van der Waals surface area contributed by atoms with Crippen LogP contribution in [-0.4, -0.2) is 28.0 Å². The number of hydrogen-bond acceptors (Lipinski definition) is 5. The summed E-state index contributed by atoms with van der Waals surface area (Å²) in [5, 5.41) is 5.18. The Morgan fingerprint density at radius 2 is 2.05 bits per heavy atom. The summed E-state index contributed by atoms with van der Waals surface area (Å²) in [6.45, 7) is 7.47. The highest BCUT2D eigenvalue weighted by molar-refractivity contribution is 7.13. The van der Waals surface area contributed by atoms with E-state index < -0.39 is 5.97 Å². The second-order valence-electron chi connectivity index (χ2n) is 4.96. The van der Waals surface area contributed by atoms with E-state index in [1.54, 1.807) is 32.4 Å². The number of nitrogens with zero attached hydrogens (tertiary/aromatic N) is 2. The average molecular weight is 321 g/mol. The number of carbonyl (C=O) groups excluding carboxylic acids is 2. The predicted octanol–water partition coefficient (Wildman–Crippen LogP) is 2.84. The summed E-state index contributed by atoms with van der Waals surface area (Å²) in [4.78, 5) is 28.8. The Hall–Kier alpha value is -2.15. The van der Waals surface area contributed by atoms with E-state index in [2.05, 4.69) is 10.3 Å². The van der Waals surface area contributed by atoms with Crippen molar-refractivity contribution in [1.29, 1.82) is 0 Å². The quantitative estimate of drug-likeness (QED) is 0.879. The Kier molecular flexibility index (Phi) is 4.65. The van der Waals surface area contributed by atoms with Crippen LogP contribution >= 0.6 is 11.3 Å². The molecule has 0 saturated carbocycles. The molecule has 6 nitrogen and oxygen atoms in total. The van der Waals surface area contributed by atoms with Gasteiger partial charge in [-0.15, -0.1) is 11.3 Å². The van der Waals surface area contributed by atoms with Crippen molar-refractivity contribution in [2.24, 2.45) is 7.05 Å². The van der Waals surface area contributed by atoms with Crippen LogP contribution in [0.15, 0.2) is 5.38 Å². The molecule has 0 saturated heterocycles. The number of ether oxygens (including phenoxy) is 1. The highest BCUT2D eigenvalue weighted by Gasteiger charge is 2.26. The fraction of sp³-hybridized carbons (Fsp3) is 0.400. The Morgan fingerprint density at radius 3 is 2.59 bits per heavy atom. The third kappa shape index (κ3) is 2.89. The van der Waals surface area contributed by atoms with E-state index in [-0.39, 0.29) is 5.91 Å². The molecule has 1 amide bonds. The molecule has 1 N–H and O–H groups in total. The molecule has 0 spiro atoms. The Morgan fingerprint density at radius 1 is 1.36 bits per heavy atom. The first kappa shape index (κ1) is 16.2. The summed E-state index contributed by atoms with van der Waals surface area (Å²) >= 11 is 1.37. The lowest BCUT2D eigenvalue weighted by molar-refractivity contribution is 0.0514. The van der Waals surface area contributed by atoms with Crippen LogP contribution < -0.4 is 5.32 Å². The minimum absolute atomic E-state index is 0.268. The number of nitrogens with one attached hydrogen (secondary N) is 1. The molecule has 0 unspecified atom stereocenters. The molecule has 0 aliphatic heterocycles. The molecule has 22 heavy (non-hydrogen) atoms. The van der Waals surface area contributed by atoms with Crippen LogP contribution in [0.5, 0.6) is 0 Å². The van der Waals surface area contributed by atoms with Gasteiger partial charge in [-0.25, -0.2) is 9.78 Å². The fourth-order valence-electron chi connectivity index (χ4n) is 2.37. The lowest BCUT2D eigenvalue weighted by Crippen LogP contribution is -2.14. The van der Waals surface area contributed by atoms with Crippen LogP contribution in [0.2, 0.25) is 0 Å². The topological polar surface area (TPSA) is 73.2 Å². The minimum atomic E-state index is -0.422. The van der Waals surface area contributed by atoms with Gasteiger partial charge in [0.15, 0.2) is 5.13 Å². The maximum Gasteiger partial charge on any atom is 0.355 e. The number of carbonyl (C=O) groups is 2. The van der Waals surface area contributed by atoms with Crippen molar-refractivity contribution in [2.75, 3.05) is 11.9 Å². The maximum atomic E-state index is 12.5. The molecule has 2 rings (SSSR count). The first-order chi connectivity index (χ1) is 10.4. The van der Waals surface area contributed by atoms with Gasteiger partial charge in [-0.1, -0.05) is 0 Å². The molecule has 7 heteroatoms. The maximum absolute atomic E-state index is 12.5. The molecule has 0 fully saturated rings. The van der Waals surface area contributed by atoms with E-state index in [1.807, 2.05) is 12.3 Å². The summed E-state index contributed by atoms with van der Waals surface area (Å²) in [7, 11) is 1.75. The molecule has 2 heterocycles. The zero-order valence-electron chi connectivity index (χ0n) is 13.3. The summed E-state index contributed by atoms with van der Waals surface area (Å²) < 4.78 is 6.75. The van der Waals surface area contributed by atoms with Gasteiger partial charge in [-0.2, -0.15) is 0 Å². The lowest BCUT2D eigenvalue weighted by Gasteiger charge is -2.05. The molecule has 2 aromatic rings. The van der Waals surface area contributed by atoms with Gasteiger partial charge < -0.3 is 9.30 Å². The van der Waals surface area contributed by atoms with Gasteiger partial charge in [-0.05, 0) is 33.3 Å². The van der Waals surface area contributed by atoms with Crippen LogP contribution in [0.25, 0.3) is 0 Å². The molecular formula is C15H19N3O3S. The highest BCUT2D eigenvalue weighted by atomic mass is 32.1. The molecule has 0 aliphatic rings. The zero-order valence-corrected chi connectivity index (χ0v) is 14.1. The summed E-state index contributed by atoms with van der Waals surface area (Å²) in [6, 6.07) is 0. The highest BCUT2D eigenvalue weighted by Crippen LogP contribution is 2.24. The Balaban J connectivity index is 2.37. The number of anilines is 1. The van der Waals surface area contributed by atoms with Crippen molar-refractivity contribution >= 4 is 28.3 Å². The number of amides is 1. The van der Waals surface area contributed by atoms with Crippen molar-refractivity contribution in [3.8, 4) is 0 Å². The van der Waals surface area contributed by atoms with Crippen LogP contribution in [-0.2, 0) is 11.8 Å². The monoisotopic (exact) mass is 321 g/mol. The molecular weight excluding hydrogens is 302 g/mol. The van der Waals surface area contributed by atoms with Gasteiger partial charge in [0.1, 0.15) is 5.69 Å². The van der Waals surface area contributed by atoms with E-state index in [1.165, 1.54) is 11.3 Å². The lowest BCUT2D eigenvalue weighted by atomic mass is 10.1. The zero-order chi connectivity index (χ0) is 16.4. The Labute approximate surface area is 133 Å². The summed E-state index contributed by atoms with van der Waals surface area (Å²) in [6.07, 6.45) is 0. The van der Waals surface area contributed by atoms with Crippen LogP contribution in [0.4, 0.5) is 5.13 Å². The number of hydrogen-bond donors (Lipinski definition) is 1. The second-order valence-corrected chi connectivity index (χ2v) is 5.82. The number of thiazole rings is 1. The fourth-order valence-corrected chi connectivity index (χ4v) is 3.06. The number of esters is 1. The third-order valence-corrected chi connectivity index (χ3v) is 4.34. The van der Waals surface area contributed by atoms with Gasteiger partial charge >= 0.3 is 5.97 Å². The van der Waals surface area contributed by atoms with Crippen LogP contribution in [0.1, 0.15) is 44.7 Å². The van der Waals surface area contributed by atoms with Crippen molar-refractivity contribution in [3.05, 3.63) is 33.6 Å². The average Bonchev–Trinajstić information content (AvgIpc) is 2.93. The molecule has 118 valence electrons. The number of aryl methyl sites for hydroxylation is 1. The summed E-state index contributed by atoms with van der Waals surface area (Å²) in [5.41, 5.74) is 3.07. The standard InChI is InChI=1S/C15H19N3O3S/c1-6-21-14(20)12-9(3)11(10(4)18(12)5)13(19)17-15-16-8(2)7-22-15/h7H,6H2,1-5H3,(H,16,17,19). The smallest absolute Gasteiger partial charge is 0.355 e. The molecule has 0 aliphatic carbocycles. The molecule has 0 bridgehead atoms. The second kappa shape index (κ2) is 6.31. The Bertz CT molecular complexity index is 731. The van der Waals surface area contributed by atoms with Gasteiger partial charge in [0.2, 0.25) is 0 Å². The summed E-state index contributed by atoms with van der Waals surface area (Å²) in [5.74, 6) is -0.690. The van der Waals surface area contributed by atoms with E-state index in [0.29, 0.717) is 34.3 Å². The first-order valence-electron chi connectivity index (χ1n) is 6.93. The number of rotatable bonds is 4. The molecule has 0 aromatic carbocycles. The molecule has 0 radical (unpaired) electrons. The minimum Gasteiger partial charge on any atom is -0.461 e. The third-order valence-electron chi connectivity index (χ3n) is 3.47. The van der Waals surface area contributed by atoms with E-state index in [0.717, 1.165) is 5.69 Å². The predicted molar refractivity (Wildman–Crippen MR) is 85.6 cm³/mol. The first-order valence-corrected chi connectivity index (χ1v) is 7.81. The molecule has 2 aromatic heterocycles. The largest absolute Gasteiger partial charge is 0.461 e. The van der Waals surface area contributed by atoms with Gasteiger partial charge in [-0.3, -0.25) is 10.1 Å². The van der Waals surface area contributed by atoms with Gasteiger partial charge in [0, 0.05) is 18.1 Å². The molecule has 0 atom stereocenters. The van der Waals surface area contributed by atoms with Crippen molar-refractivity contribution in [3.63, 3.8) is 0 Å². The van der Waals surface area contributed by atoms with Crippen molar-refractivity contribution < 1.29 is 14.3 Å². The van der Waals surface area contributed by atoms with Crippen LogP contribution in [0.3, 0.4) is 0 Å². The van der Waals surface area contributed by atoms with Gasteiger partial charge in [0.05, 0.1) is 17.9 Å². The van der Waals surface area contributed by atoms with E-state index >= 15 is 0 Å². The van der Waals surface area contributed by atoms with Crippen molar-refractivity contribution in [1.82, 2.24) is 9.55 Å². The number of aromatic nitrogens is 2. The van der Waals surface area contributed by atoms with E-state index in [4.69, 9.17) is 4.74 Å². The van der Waals surface area contributed by atoms with Gasteiger partial charge in [0.25, 0.3) is 5.91 Å². The SMILES string of the molecule is CCOC(=O)c1c(C)c(C(=O)Nc2nc(C)cs2)c(C)n1C.